The van der Waals surface area contributed by atoms with Crippen molar-refractivity contribution in [1.29, 1.82) is 0 Å². The molecule has 7 nitrogen and oxygen atoms in total. The summed E-state index contributed by atoms with van der Waals surface area (Å²) in [5.41, 5.74) is 3.16. The van der Waals surface area contributed by atoms with Crippen LogP contribution in [0.25, 0.3) is 16.6 Å². The van der Waals surface area contributed by atoms with E-state index in [1.54, 1.807) is 19.9 Å². The van der Waals surface area contributed by atoms with Crippen molar-refractivity contribution >= 4 is 29.2 Å². The van der Waals surface area contributed by atoms with E-state index >= 15 is 0 Å². The molecule has 1 aromatic heterocycles. The number of fused-ring (bicyclic) bond motifs is 2. The van der Waals surface area contributed by atoms with Crippen LogP contribution in [0.1, 0.15) is 55.0 Å². The number of aliphatic hydroxyl groups is 1. The van der Waals surface area contributed by atoms with Gasteiger partial charge in [0.15, 0.2) is 6.29 Å². The highest BCUT2D eigenvalue weighted by Gasteiger charge is 2.34. The number of halogens is 1. The van der Waals surface area contributed by atoms with Gasteiger partial charge >= 0.3 is 0 Å². The molecule has 0 radical (unpaired) electrons. The van der Waals surface area contributed by atoms with Crippen LogP contribution >= 0.6 is 0 Å². The molecule has 1 aliphatic heterocycles. The normalized spacial score (nSPS) is 18.6. The molecule has 1 aromatic carbocycles. The molecule has 1 atom stereocenters. The average molecular weight is 510 g/mol. The van der Waals surface area contributed by atoms with Crippen molar-refractivity contribution in [2.24, 2.45) is 0 Å². The molecule has 2 N–H and O–H groups in total. The Morgan fingerprint density at radius 1 is 1.35 bits per heavy atom. The number of nitrogens with zero attached hydrogens (tertiary/aromatic N) is 2. The molecule has 2 aliphatic rings. The first kappa shape index (κ1) is 27.1. The second-order valence-corrected chi connectivity index (χ2v) is 10.1. The Hall–Kier alpha value is -2.94. The summed E-state index contributed by atoms with van der Waals surface area (Å²) in [6.07, 6.45) is 7.03. The highest BCUT2D eigenvalue weighted by atomic mass is 19.1. The largest absolute Gasteiger partial charge is 0.380 e. The minimum Gasteiger partial charge on any atom is -0.380 e. The van der Waals surface area contributed by atoms with Crippen LogP contribution in [0.15, 0.2) is 29.4 Å². The van der Waals surface area contributed by atoms with Crippen LogP contribution in [0.4, 0.5) is 4.39 Å². The van der Waals surface area contributed by atoms with Gasteiger partial charge in [0.2, 0.25) is 0 Å². The standard InChI is InChI=1S/C29H36FN3O4/c1-5-29(36,17-35)24(19(15-34)16-37-4)12-27-28-23(14-33(27)3)21(7-6-10-31-20-8-9-20)22-11-18(2)25(30)13-26(22)32-28/h11-13,15,17,20,31,36H,5-10,14,16H2,1-4H3/b24-19-,27-12-/t29-/m1/s1. The number of pyridine rings is 1. The van der Waals surface area contributed by atoms with Crippen LogP contribution in [0.5, 0.6) is 0 Å². The Bertz CT molecular complexity index is 1270. The number of aromatic nitrogens is 1. The maximum atomic E-state index is 14.6. The van der Waals surface area contributed by atoms with Crippen molar-refractivity contribution in [3.8, 4) is 0 Å². The number of carbonyl (C=O) groups is 2. The zero-order valence-electron chi connectivity index (χ0n) is 22.1. The molecule has 2 aromatic rings. The van der Waals surface area contributed by atoms with Gasteiger partial charge in [0.1, 0.15) is 17.7 Å². The summed E-state index contributed by atoms with van der Waals surface area (Å²) in [7, 11) is 3.36. The van der Waals surface area contributed by atoms with Crippen LogP contribution in [0.2, 0.25) is 0 Å². The fraction of sp³-hybridized carbons (Fsp3) is 0.483. The Balaban J connectivity index is 1.88. The average Bonchev–Trinajstić information content (AvgIpc) is 3.66. The van der Waals surface area contributed by atoms with Crippen molar-refractivity contribution in [3.05, 3.63) is 57.6 Å². The van der Waals surface area contributed by atoms with E-state index in [0.717, 1.165) is 35.9 Å². The number of benzene rings is 1. The lowest BCUT2D eigenvalue weighted by molar-refractivity contribution is -0.120. The summed E-state index contributed by atoms with van der Waals surface area (Å²) in [4.78, 5) is 30.8. The first-order chi connectivity index (χ1) is 17.8. The first-order valence-electron chi connectivity index (χ1n) is 12.9. The number of rotatable bonds is 12. The van der Waals surface area contributed by atoms with Crippen molar-refractivity contribution in [1.82, 2.24) is 15.2 Å². The summed E-state index contributed by atoms with van der Waals surface area (Å²) in [5.74, 6) is -0.316. The third-order valence-corrected chi connectivity index (χ3v) is 7.42. The van der Waals surface area contributed by atoms with Crippen molar-refractivity contribution in [3.63, 3.8) is 0 Å². The lowest BCUT2D eigenvalue weighted by Gasteiger charge is -2.25. The third kappa shape index (κ3) is 5.51. The lowest BCUT2D eigenvalue weighted by atomic mass is 9.87. The molecule has 4 rings (SSSR count). The molecule has 198 valence electrons. The monoisotopic (exact) mass is 509 g/mol. The minimum absolute atomic E-state index is 0.0514. The summed E-state index contributed by atoms with van der Waals surface area (Å²) in [6.45, 7) is 4.88. The van der Waals surface area contributed by atoms with Gasteiger partial charge in [-0.3, -0.25) is 9.59 Å². The van der Waals surface area contributed by atoms with Gasteiger partial charge in [-0.15, -0.1) is 0 Å². The Labute approximate surface area is 217 Å². The van der Waals surface area contributed by atoms with E-state index in [2.05, 4.69) is 5.32 Å². The topological polar surface area (TPSA) is 91.8 Å². The van der Waals surface area contributed by atoms with Crippen LogP contribution in [-0.2, 0) is 27.3 Å². The zero-order chi connectivity index (χ0) is 26.7. The van der Waals surface area contributed by atoms with Gasteiger partial charge in [-0.1, -0.05) is 6.92 Å². The van der Waals surface area contributed by atoms with E-state index in [-0.39, 0.29) is 30.0 Å². The van der Waals surface area contributed by atoms with E-state index in [1.165, 1.54) is 26.0 Å². The first-order valence-corrected chi connectivity index (χ1v) is 12.9. The summed E-state index contributed by atoms with van der Waals surface area (Å²) in [6, 6.07) is 3.98. The van der Waals surface area contributed by atoms with Crippen LogP contribution < -0.4 is 5.32 Å². The molecule has 1 saturated carbocycles. The van der Waals surface area contributed by atoms with E-state index in [0.29, 0.717) is 47.6 Å². The molecule has 37 heavy (non-hydrogen) atoms. The summed E-state index contributed by atoms with van der Waals surface area (Å²) < 4.78 is 19.8. The van der Waals surface area contributed by atoms with E-state index in [1.807, 2.05) is 18.0 Å². The van der Waals surface area contributed by atoms with Gasteiger partial charge in [-0.2, -0.15) is 0 Å². The van der Waals surface area contributed by atoms with Crippen LogP contribution in [0.3, 0.4) is 0 Å². The maximum absolute atomic E-state index is 14.6. The van der Waals surface area contributed by atoms with Crippen LogP contribution in [-0.4, -0.2) is 66.5 Å². The predicted octanol–water partition coefficient (Wildman–Crippen LogP) is 3.64. The van der Waals surface area contributed by atoms with E-state index in [4.69, 9.17) is 9.72 Å². The molecule has 0 amide bonds. The fourth-order valence-corrected chi connectivity index (χ4v) is 5.01. The smallest absolute Gasteiger partial charge is 0.156 e. The van der Waals surface area contributed by atoms with Gasteiger partial charge in [-0.25, -0.2) is 9.37 Å². The Kier molecular flexibility index (Phi) is 8.21. The maximum Gasteiger partial charge on any atom is 0.156 e. The molecule has 0 bridgehead atoms. The highest BCUT2D eigenvalue weighted by Crippen LogP contribution is 2.39. The fourth-order valence-electron chi connectivity index (χ4n) is 5.01. The number of methoxy groups -OCH3 is 1. The second-order valence-electron chi connectivity index (χ2n) is 10.1. The van der Waals surface area contributed by atoms with E-state index in [9.17, 15) is 19.1 Å². The van der Waals surface area contributed by atoms with Gasteiger partial charge in [0.05, 0.1) is 23.5 Å². The van der Waals surface area contributed by atoms with Crippen molar-refractivity contribution < 1.29 is 23.8 Å². The number of nitrogens with one attached hydrogen (secondary N) is 1. The number of ether oxygens (including phenoxy) is 1. The number of hydrogen-bond acceptors (Lipinski definition) is 7. The lowest BCUT2D eigenvalue weighted by Crippen LogP contribution is -2.33. The second kappa shape index (κ2) is 11.2. The molecule has 1 aliphatic carbocycles. The van der Waals surface area contributed by atoms with E-state index < -0.39 is 5.60 Å². The number of aldehydes is 2. The van der Waals surface area contributed by atoms with Gasteiger partial charge in [0.25, 0.3) is 0 Å². The number of aryl methyl sites for hydroxylation is 2. The molecular weight excluding hydrogens is 473 g/mol. The predicted molar refractivity (Wildman–Crippen MR) is 141 cm³/mol. The molecular formula is C29H36FN3O4. The number of hydrogen-bond donors (Lipinski definition) is 2. The molecule has 8 heteroatoms. The molecule has 0 spiro atoms. The summed E-state index contributed by atoms with van der Waals surface area (Å²) >= 11 is 0. The zero-order valence-corrected chi connectivity index (χ0v) is 22.1. The third-order valence-electron chi connectivity index (χ3n) is 7.42. The molecule has 2 heterocycles. The quantitative estimate of drug-likeness (QED) is 0.256. The van der Waals surface area contributed by atoms with Crippen LogP contribution in [0, 0.1) is 12.7 Å². The van der Waals surface area contributed by atoms with Crippen molar-refractivity contribution in [2.45, 2.75) is 64.1 Å². The van der Waals surface area contributed by atoms with Gasteiger partial charge in [0, 0.05) is 54.9 Å². The number of carbonyl (C=O) groups excluding carboxylic acids is 2. The highest BCUT2D eigenvalue weighted by molar-refractivity contribution is 5.90. The summed E-state index contributed by atoms with van der Waals surface area (Å²) in [5, 5.41) is 15.6. The minimum atomic E-state index is -1.86. The molecule has 0 saturated heterocycles. The van der Waals surface area contributed by atoms with Gasteiger partial charge in [-0.05, 0) is 68.8 Å². The Morgan fingerprint density at radius 2 is 2.11 bits per heavy atom. The Morgan fingerprint density at radius 3 is 2.73 bits per heavy atom. The van der Waals surface area contributed by atoms with Gasteiger partial charge < -0.3 is 20.1 Å². The van der Waals surface area contributed by atoms with Crippen molar-refractivity contribution in [2.75, 3.05) is 27.3 Å². The molecule has 1 fully saturated rings. The molecule has 0 unspecified atom stereocenters. The SMILES string of the molecule is CC[C@@](O)(C=O)C(/C=C1/c2nc3cc(F)c(C)cc3c(CCCNC3CC3)c2CN1C)=C(/C=O)COC.